The minimum atomic E-state index is -4.79. The summed E-state index contributed by atoms with van der Waals surface area (Å²) >= 11 is 0. The molecule has 0 aliphatic carbocycles. The Bertz CT molecular complexity index is 829. The third kappa shape index (κ3) is 33.6. The first-order chi connectivity index (χ1) is 24.1. The molecule has 4 N–H and O–H groups in total. The number of hydrogen-bond acceptors (Lipinski definition) is 9. The number of phosphoric ester groups is 1. The first-order valence-electron chi connectivity index (χ1n) is 20.1. The van der Waals surface area contributed by atoms with Crippen LogP contribution < -0.4 is 5.73 Å². The zero-order valence-corrected chi connectivity index (χ0v) is 32.7. The van der Waals surface area contributed by atoms with Crippen LogP contribution in [0.1, 0.15) is 194 Å². The summed E-state index contributed by atoms with van der Waals surface area (Å²) in [5, 5.41) is 8.90. The molecule has 0 saturated heterocycles. The van der Waals surface area contributed by atoms with Gasteiger partial charge < -0.3 is 25.2 Å². The maximum Gasteiger partial charge on any atom is 0.472 e. The Balaban J connectivity index is 4.34. The van der Waals surface area contributed by atoms with Gasteiger partial charge in [0.25, 0.3) is 0 Å². The first-order valence-corrected chi connectivity index (χ1v) is 21.6. The molecule has 2 unspecified atom stereocenters. The van der Waals surface area contributed by atoms with E-state index in [1.165, 1.54) is 116 Å². The molecule has 0 aliphatic rings. The van der Waals surface area contributed by atoms with Gasteiger partial charge in [-0.05, 0) is 12.8 Å². The number of phosphoric acid groups is 1. The van der Waals surface area contributed by atoms with Crippen molar-refractivity contribution in [2.75, 3.05) is 19.8 Å². The molecule has 0 heterocycles. The number of esters is 2. The van der Waals surface area contributed by atoms with E-state index < -0.39 is 57.7 Å². The van der Waals surface area contributed by atoms with E-state index in [0.717, 1.165) is 38.5 Å². The van der Waals surface area contributed by atoms with Crippen LogP contribution in [0.2, 0.25) is 0 Å². The van der Waals surface area contributed by atoms with Crippen molar-refractivity contribution in [2.24, 2.45) is 5.73 Å². The second kappa shape index (κ2) is 34.6. The smallest absolute Gasteiger partial charge is 0.472 e. The highest BCUT2D eigenvalue weighted by molar-refractivity contribution is 7.47. The van der Waals surface area contributed by atoms with E-state index in [0.29, 0.717) is 12.8 Å². The summed E-state index contributed by atoms with van der Waals surface area (Å²) in [6.07, 6.45) is 30.0. The molecule has 2 atom stereocenters. The number of hydrogen-bond donors (Lipinski definition) is 3. The number of carbonyl (C=O) groups is 3. The van der Waals surface area contributed by atoms with E-state index in [4.69, 9.17) is 29.4 Å². The SMILES string of the molecule is CCCCCCCCCCCCCCCC(=O)OCC(COC(=O)CCCCCCCCCCCCCCC)OP(=O)(O)OCC(N)C(=O)O. The van der Waals surface area contributed by atoms with E-state index in [1.54, 1.807) is 0 Å². The normalized spacial score (nSPS) is 13.3. The minimum Gasteiger partial charge on any atom is -0.480 e. The van der Waals surface area contributed by atoms with Crippen LogP contribution in [-0.4, -0.2) is 59.9 Å². The molecule has 0 aromatic rings. The van der Waals surface area contributed by atoms with Crippen molar-refractivity contribution in [3.8, 4) is 0 Å². The Kier molecular flexibility index (Phi) is 33.5. The van der Waals surface area contributed by atoms with Crippen LogP contribution in [0.5, 0.6) is 0 Å². The molecule has 11 nitrogen and oxygen atoms in total. The monoisotopic (exact) mass is 736 g/mol. The number of carbonyl (C=O) groups excluding carboxylic acids is 2. The summed E-state index contributed by atoms with van der Waals surface area (Å²) in [5.41, 5.74) is 5.35. The molecule has 0 spiro atoms. The number of nitrogens with two attached hydrogens (primary N) is 1. The standard InChI is InChI=1S/C38H74NO10P/c1-3-5-7-9-11-13-15-17-19-21-23-25-27-29-36(40)46-31-34(49-50(44,45)48-33-35(39)38(42)43)32-47-37(41)30-28-26-24-22-20-18-16-14-12-10-8-6-4-2/h34-35H,3-33,39H2,1-2H3,(H,42,43)(H,44,45). The summed E-state index contributed by atoms with van der Waals surface area (Å²) in [5.74, 6) is -2.38. The van der Waals surface area contributed by atoms with Crippen molar-refractivity contribution in [2.45, 2.75) is 206 Å². The topological polar surface area (TPSA) is 172 Å². The molecule has 0 fully saturated rings. The van der Waals surface area contributed by atoms with Gasteiger partial charge >= 0.3 is 25.7 Å². The Labute approximate surface area is 304 Å². The number of rotatable bonds is 38. The average molecular weight is 736 g/mol. The molecule has 0 bridgehead atoms. The largest absolute Gasteiger partial charge is 0.480 e. The number of aliphatic carboxylic acids is 1. The minimum absolute atomic E-state index is 0.198. The molecule has 0 radical (unpaired) electrons. The molecular formula is C38H74NO10P. The maximum atomic E-state index is 12.4. The van der Waals surface area contributed by atoms with Crippen molar-refractivity contribution in [1.82, 2.24) is 0 Å². The predicted molar refractivity (Wildman–Crippen MR) is 199 cm³/mol. The van der Waals surface area contributed by atoms with Gasteiger partial charge in [0, 0.05) is 12.8 Å². The van der Waals surface area contributed by atoms with E-state index in [1.807, 2.05) is 0 Å². The zero-order valence-electron chi connectivity index (χ0n) is 31.8. The Hall–Kier alpha value is -1.52. The van der Waals surface area contributed by atoms with Crippen LogP contribution in [-0.2, 0) is 37.5 Å². The molecule has 0 aromatic carbocycles. The molecule has 0 rings (SSSR count). The summed E-state index contributed by atoms with van der Waals surface area (Å²) < 4.78 is 32.8. The lowest BCUT2D eigenvalue weighted by atomic mass is 10.0. The van der Waals surface area contributed by atoms with Crippen LogP contribution in [0.15, 0.2) is 0 Å². The highest BCUT2D eigenvalue weighted by Crippen LogP contribution is 2.44. The lowest BCUT2D eigenvalue weighted by Gasteiger charge is -2.21. The van der Waals surface area contributed by atoms with Crippen molar-refractivity contribution < 1.29 is 47.5 Å². The van der Waals surface area contributed by atoms with Crippen LogP contribution in [0.3, 0.4) is 0 Å². The third-order valence-corrected chi connectivity index (χ3v) is 9.89. The fraction of sp³-hybridized carbons (Fsp3) is 0.921. The quantitative estimate of drug-likeness (QED) is 0.0313. The van der Waals surface area contributed by atoms with Gasteiger partial charge in [0.05, 0.1) is 6.61 Å². The van der Waals surface area contributed by atoms with Crippen LogP contribution in [0.25, 0.3) is 0 Å². The second-order valence-corrected chi connectivity index (χ2v) is 15.2. The number of carboxylic acid groups (broad SMARTS) is 1. The summed E-state index contributed by atoms with van der Waals surface area (Å²) in [6, 6.07) is -1.53. The van der Waals surface area contributed by atoms with Gasteiger partial charge in [0.15, 0.2) is 0 Å². The van der Waals surface area contributed by atoms with Gasteiger partial charge in [-0.15, -0.1) is 0 Å². The van der Waals surface area contributed by atoms with Crippen molar-refractivity contribution >= 4 is 25.7 Å². The Morgan fingerprint density at radius 1 is 0.540 bits per heavy atom. The molecule has 0 saturated carbocycles. The van der Waals surface area contributed by atoms with Gasteiger partial charge in [-0.1, -0.05) is 168 Å². The average Bonchev–Trinajstić information content (AvgIpc) is 3.08. The van der Waals surface area contributed by atoms with Gasteiger partial charge in [0.2, 0.25) is 0 Å². The molecule has 0 aliphatic heterocycles. The molecule has 0 amide bonds. The molecule has 296 valence electrons. The molecule has 12 heteroatoms. The Morgan fingerprint density at radius 3 is 1.14 bits per heavy atom. The van der Waals surface area contributed by atoms with Gasteiger partial charge in [-0.2, -0.15) is 0 Å². The summed E-state index contributed by atoms with van der Waals surface area (Å²) in [4.78, 5) is 45.8. The molecule has 50 heavy (non-hydrogen) atoms. The van der Waals surface area contributed by atoms with E-state index in [-0.39, 0.29) is 12.8 Å². The van der Waals surface area contributed by atoms with Crippen molar-refractivity contribution in [1.29, 1.82) is 0 Å². The first kappa shape index (κ1) is 48.5. The zero-order chi connectivity index (χ0) is 37.1. The summed E-state index contributed by atoms with van der Waals surface area (Å²) in [7, 11) is -4.79. The summed E-state index contributed by atoms with van der Waals surface area (Å²) in [6.45, 7) is 2.84. The van der Waals surface area contributed by atoms with E-state index >= 15 is 0 Å². The number of ether oxygens (including phenoxy) is 2. The van der Waals surface area contributed by atoms with Crippen molar-refractivity contribution in [3.63, 3.8) is 0 Å². The van der Waals surface area contributed by atoms with Gasteiger partial charge in [0.1, 0.15) is 25.4 Å². The predicted octanol–water partition coefficient (Wildman–Crippen LogP) is 9.95. The van der Waals surface area contributed by atoms with E-state index in [9.17, 15) is 23.8 Å². The lowest BCUT2D eigenvalue weighted by molar-refractivity contribution is -0.152. The maximum absolute atomic E-state index is 12.4. The highest BCUT2D eigenvalue weighted by atomic mass is 31.2. The fourth-order valence-corrected chi connectivity index (χ4v) is 6.57. The molecule has 0 aromatic heterocycles. The Morgan fingerprint density at radius 2 is 0.840 bits per heavy atom. The van der Waals surface area contributed by atoms with Gasteiger partial charge in [-0.25, -0.2) is 4.57 Å². The van der Waals surface area contributed by atoms with Crippen LogP contribution in [0.4, 0.5) is 0 Å². The second-order valence-electron chi connectivity index (χ2n) is 13.8. The lowest BCUT2D eigenvalue weighted by Crippen LogP contribution is -2.35. The van der Waals surface area contributed by atoms with Crippen LogP contribution in [0, 0.1) is 0 Å². The van der Waals surface area contributed by atoms with E-state index in [2.05, 4.69) is 13.8 Å². The third-order valence-electron chi connectivity index (χ3n) is 8.85. The number of unbranched alkanes of at least 4 members (excludes halogenated alkanes) is 24. The fourth-order valence-electron chi connectivity index (χ4n) is 5.66. The molecular weight excluding hydrogens is 661 g/mol. The number of carboxylic acids is 1. The van der Waals surface area contributed by atoms with Crippen LogP contribution >= 0.6 is 7.82 Å². The van der Waals surface area contributed by atoms with Crippen molar-refractivity contribution in [3.05, 3.63) is 0 Å². The van der Waals surface area contributed by atoms with Gasteiger partial charge in [-0.3, -0.25) is 23.4 Å². The highest BCUT2D eigenvalue weighted by Gasteiger charge is 2.30.